The zero-order valence-corrected chi connectivity index (χ0v) is 35.7. The fraction of sp³-hybridized carbons (Fsp3) is 0.0492. The first-order chi connectivity index (χ1) is 31.5. The second kappa shape index (κ2) is 15.0. The molecule has 64 heavy (non-hydrogen) atoms. The molecular formula is C61H44N2O. The van der Waals surface area contributed by atoms with Crippen molar-refractivity contribution in [2.45, 2.75) is 19.3 Å². The summed E-state index contributed by atoms with van der Waals surface area (Å²) in [5.41, 5.74) is 18.4. The minimum atomic E-state index is -0.141. The third-order valence-corrected chi connectivity index (χ3v) is 13.2. The first-order valence-electron chi connectivity index (χ1n) is 22.1. The fourth-order valence-electron chi connectivity index (χ4n) is 10.1. The molecule has 0 atom stereocenters. The van der Waals surface area contributed by atoms with E-state index in [9.17, 15) is 0 Å². The maximum atomic E-state index is 7.34. The topological polar surface area (TPSA) is 15.7 Å². The highest BCUT2D eigenvalue weighted by atomic mass is 16.5. The average molecular weight is 821 g/mol. The molecule has 10 aromatic rings. The maximum absolute atomic E-state index is 7.34. The van der Waals surface area contributed by atoms with Gasteiger partial charge in [-0.25, -0.2) is 0 Å². The van der Waals surface area contributed by atoms with Crippen molar-refractivity contribution in [3.63, 3.8) is 0 Å². The van der Waals surface area contributed by atoms with Gasteiger partial charge in [0.15, 0.2) is 5.75 Å². The number of hydrogen-bond donors (Lipinski definition) is 0. The highest BCUT2D eigenvalue weighted by molar-refractivity contribution is 6.08. The Morgan fingerprint density at radius 1 is 0.344 bits per heavy atom. The summed E-state index contributed by atoms with van der Waals surface area (Å²) in [5.74, 6) is 1.66. The van der Waals surface area contributed by atoms with Crippen LogP contribution < -0.4 is 14.5 Å². The zero-order valence-electron chi connectivity index (χ0n) is 35.7. The second-order valence-corrected chi connectivity index (χ2v) is 17.3. The monoisotopic (exact) mass is 820 g/mol. The number of rotatable bonds is 8. The normalized spacial score (nSPS) is 12.8. The lowest BCUT2D eigenvalue weighted by molar-refractivity contribution is 0.488. The minimum Gasteiger partial charge on any atom is -0.454 e. The number of anilines is 6. The fourth-order valence-corrected chi connectivity index (χ4v) is 10.1. The number of fused-ring (bicyclic) bond motifs is 5. The summed E-state index contributed by atoms with van der Waals surface area (Å²) >= 11 is 0. The molecular weight excluding hydrogens is 777 g/mol. The van der Waals surface area contributed by atoms with Gasteiger partial charge in [-0.05, 0) is 116 Å². The lowest BCUT2D eigenvalue weighted by atomic mass is 9.82. The molecule has 304 valence electrons. The van der Waals surface area contributed by atoms with Crippen molar-refractivity contribution >= 4 is 44.9 Å². The van der Waals surface area contributed by atoms with Gasteiger partial charge in [-0.15, -0.1) is 0 Å². The van der Waals surface area contributed by atoms with Gasteiger partial charge in [-0.3, -0.25) is 0 Å². The van der Waals surface area contributed by atoms with Gasteiger partial charge in [-0.2, -0.15) is 0 Å². The lowest BCUT2D eigenvalue weighted by Crippen LogP contribution is -2.17. The molecule has 3 heteroatoms. The molecule has 12 rings (SSSR count). The highest BCUT2D eigenvalue weighted by Gasteiger charge is 2.36. The van der Waals surface area contributed by atoms with Crippen molar-refractivity contribution in [1.82, 2.24) is 0 Å². The van der Waals surface area contributed by atoms with E-state index in [1.165, 1.54) is 44.5 Å². The molecule has 10 aromatic carbocycles. The van der Waals surface area contributed by atoms with Crippen molar-refractivity contribution < 1.29 is 4.74 Å². The van der Waals surface area contributed by atoms with Gasteiger partial charge in [0, 0.05) is 45.2 Å². The van der Waals surface area contributed by atoms with Crippen LogP contribution in [-0.4, -0.2) is 0 Å². The number of benzene rings is 10. The van der Waals surface area contributed by atoms with Gasteiger partial charge in [0.05, 0.1) is 11.4 Å². The molecule has 1 aliphatic heterocycles. The number of nitrogens with zero attached hydrogens (tertiary/aromatic N) is 2. The third kappa shape index (κ3) is 6.20. The molecule has 0 spiro atoms. The quantitative estimate of drug-likeness (QED) is 0.152. The van der Waals surface area contributed by atoms with Crippen LogP contribution >= 0.6 is 0 Å². The van der Waals surface area contributed by atoms with Crippen molar-refractivity contribution in [3.8, 4) is 56.0 Å². The van der Waals surface area contributed by atoms with Crippen LogP contribution in [0.2, 0.25) is 0 Å². The van der Waals surface area contributed by atoms with E-state index in [-0.39, 0.29) is 5.41 Å². The van der Waals surface area contributed by atoms with Gasteiger partial charge in [-0.1, -0.05) is 178 Å². The Hall–Kier alpha value is -8.14. The summed E-state index contributed by atoms with van der Waals surface area (Å²) in [6.45, 7) is 4.69. The van der Waals surface area contributed by atoms with Crippen LogP contribution in [-0.2, 0) is 5.41 Å². The molecule has 3 nitrogen and oxygen atoms in total. The van der Waals surface area contributed by atoms with Crippen LogP contribution in [0.3, 0.4) is 0 Å². The summed E-state index contributed by atoms with van der Waals surface area (Å²) in [6.07, 6.45) is 0. The van der Waals surface area contributed by atoms with Crippen LogP contribution in [0.15, 0.2) is 231 Å². The first-order valence-corrected chi connectivity index (χ1v) is 22.1. The number of ether oxygens (including phenoxy) is 1. The van der Waals surface area contributed by atoms with Gasteiger partial charge < -0.3 is 14.5 Å². The van der Waals surface area contributed by atoms with Crippen molar-refractivity contribution in [1.29, 1.82) is 0 Å². The van der Waals surface area contributed by atoms with E-state index in [4.69, 9.17) is 4.74 Å². The standard InChI is InChI=1S/C61H44N2O/c1-61(2)55-26-13-12-23-51(55)52-37-36-49(39-56(52)61)63(46-21-10-5-11-22-46)57-27-15-25-54-53-24-14-20-45-38-50(40-58(59(45)53)64-60(54)57)62(47-32-28-43(29-33-47)41-16-6-3-7-17-41)48-34-30-44(31-35-48)42-18-8-4-9-19-42/h3-40H,1-2H3. The van der Waals surface area contributed by atoms with Crippen LogP contribution in [0.25, 0.3) is 55.3 Å². The predicted octanol–water partition coefficient (Wildman–Crippen LogP) is 17.2. The van der Waals surface area contributed by atoms with Crippen molar-refractivity contribution in [3.05, 3.63) is 242 Å². The van der Waals surface area contributed by atoms with E-state index in [1.807, 2.05) is 0 Å². The molecule has 0 saturated carbocycles. The Labute approximate surface area is 374 Å². The summed E-state index contributed by atoms with van der Waals surface area (Å²) in [5, 5.41) is 2.23. The van der Waals surface area contributed by atoms with E-state index in [0.29, 0.717) is 0 Å². The molecule has 0 aromatic heterocycles. The van der Waals surface area contributed by atoms with E-state index >= 15 is 0 Å². The molecule has 0 N–H and O–H groups in total. The molecule has 0 bridgehead atoms. The Morgan fingerprint density at radius 3 is 1.53 bits per heavy atom. The Kier molecular flexibility index (Phi) is 8.84. The third-order valence-electron chi connectivity index (χ3n) is 13.2. The van der Waals surface area contributed by atoms with E-state index in [0.717, 1.165) is 67.5 Å². The first kappa shape index (κ1) is 37.6. The molecule has 2 aliphatic rings. The maximum Gasteiger partial charge on any atom is 0.159 e. The summed E-state index contributed by atoms with van der Waals surface area (Å²) in [4.78, 5) is 4.71. The molecule has 1 aliphatic carbocycles. The van der Waals surface area contributed by atoms with E-state index < -0.39 is 0 Å². The van der Waals surface area contributed by atoms with Crippen LogP contribution in [0.4, 0.5) is 34.1 Å². The van der Waals surface area contributed by atoms with Crippen LogP contribution in [0.5, 0.6) is 11.5 Å². The second-order valence-electron chi connectivity index (χ2n) is 17.3. The molecule has 0 saturated heterocycles. The van der Waals surface area contributed by atoms with E-state index in [1.54, 1.807) is 0 Å². The molecule has 0 fully saturated rings. The zero-order chi connectivity index (χ0) is 42.8. The molecule has 0 radical (unpaired) electrons. The molecule has 0 amide bonds. The molecule has 1 heterocycles. The van der Waals surface area contributed by atoms with Crippen LogP contribution in [0.1, 0.15) is 25.0 Å². The minimum absolute atomic E-state index is 0.141. The van der Waals surface area contributed by atoms with E-state index in [2.05, 4.69) is 254 Å². The Morgan fingerprint density at radius 2 is 0.859 bits per heavy atom. The van der Waals surface area contributed by atoms with Gasteiger partial charge in [0.2, 0.25) is 0 Å². The largest absolute Gasteiger partial charge is 0.454 e. The summed E-state index contributed by atoms with van der Waals surface area (Å²) < 4.78 is 7.34. The van der Waals surface area contributed by atoms with Crippen molar-refractivity contribution in [2.24, 2.45) is 0 Å². The van der Waals surface area contributed by atoms with Crippen molar-refractivity contribution in [2.75, 3.05) is 9.80 Å². The number of hydrogen-bond acceptors (Lipinski definition) is 3. The SMILES string of the molecule is CC1(C)c2ccccc2-c2ccc(N(c3ccccc3)c3cccc4c3Oc3cc(N(c5ccc(-c6ccccc6)cc5)c5ccc(-c6ccccc6)cc5)cc5cccc-4c35)cc21. The molecule has 0 unspecified atom stereocenters. The van der Waals surface area contributed by atoms with Gasteiger partial charge >= 0.3 is 0 Å². The smallest absolute Gasteiger partial charge is 0.159 e. The van der Waals surface area contributed by atoms with Gasteiger partial charge in [0.25, 0.3) is 0 Å². The Balaban J connectivity index is 1.00. The average Bonchev–Trinajstić information content (AvgIpc) is 3.58. The van der Waals surface area contributed by atoms with Crippen LogP contribution in [0, 0.1) is 0 Å². The predicted molar refractivity (Wildman–Crippen MR) is 267 cm³/mol. The lowest BCUT2D eigenvalue weighted by Gasteiger charge is -2.32. The Bertz CT molecular complexity index is 3280. The summed E-state index contributed by atoms with van der Waals surface area (Å²) in [6, 6.07) is 83.1. The summed E-state index contributed by atoms with van der Waals surface area (Å²) in [7, 11) is 0. The number of para-hydroxylation sites is 2. The van der Waals surface area contributed by atoms with Gasteiger partial charge in [0.1, 0.15) is 5.75 Å². The highest BCUT2D eigenvalue weighted by Crippen LogP contribution is 2.56.